The van der Waals surface area contributed by atoms with Gasteiger partial charge in [-0.15, -0.1) is 0 Å². The van der Waals surface area contributed by atoms with Gasteiger partial charge >= 0.3 is 0 Å². The number of aliphatic hydroxyl groups excluding tert-OH is 2. The highest BCUT2D eigenvalue weighted by molar-refractivity contribution is 4.52. The molecule has 3 heteroatoms. The summed E-state index contributed by atoms with van der Waals surface area (Å²) < 4.78 is 5.02. The van der Waals surface area contributed by atoms with E-state index in [2.05, 4.69) is 0 Å². The molecule has 0 aliphatic heterocycles. The van der Waals surface area contributed by atoms with Gasteiger partial charge in [-0.1, -0.05) is 0 Å². The van der Waals surface area contributed by atoms with Crippen LogP contribution in [0.1, 0.15) is 13.3 Å². The Labute approximate surface area is 55.3 Å². The summed E-state index contributed by atoms with van der Waals surface area (Å²) in [6.07, 6.45) is 0.338. The van der Waals surface area contributed by atoms with Gasteiger partial charge in [-0.3, -0.25) is 0 Å². The summed E-state index contributed by atoms with van der Waals surface area (Å²) in [7, 11) is 0. The zero-order valence-corrected chi connectivity index (χ0v) is 5.71. The van der Waals surface area contributed by atoms with Gasteiger partial charge < -0.3 is 14.9 Å². The molecule has 0 aliphatic rings. The van der Waals surface area contributed by atoms with E-state index in [1.54, 1.807) is 0 Å². The van der Waals surface area contributed by atoms with E-state index in [0.717, 1.165) is 0 Å². The highest BCUT2D eigenvalue weighted by atomic mass is 16.5. The molecular formula is C6H14O3. The summed E-state index contributed by atoms with van der Waals surface area (Å²) in [5.74, 6) is 0. The minimum absolute atomic E-state index is 0.00556. The average molecular weight is 134 g/mol. The van der Waals surface area contributed by atoms with Gasteiger partial charge in [-0.2, -0.15) is 0 Å². The summed E-state index contributed by atoms with van der Waals surface area (Å²) >= 11 is 0. The molecule has 0 spiro atoms. The van der Waals surface area contributed by atoms with Crippen molar-refractivity contribution < 1.29 is 14.9 Å². The molecule has 0 aliphatic carbocycles. The van der Waals surface area contributed by atoms with Crippen molar-refractivity contribution in [2.24, 2.45) is 0 Å². The second kappa shape index (κ2) is 6.01. The maximum absolute atomic E-state index is 8.55. The standard InChI is InChI=1S/C6H14O3/c1-2-9-6(5-8)3-4-7/h6-8H,2-5H2,1H3/t6-/m1/s1. The summed E-state index contributed by atoms with van der Waals surface area (Å²) in [4.78, 5) is 0. The molecular weight excluding hydrogens is 120 g/mol. The molecule has 3 nitrogen and oxygen atoms in total. The fourth-order valence-corrected chi connectivity index (χ4v) is 0.607. The lowest BCUT2D eigenvalue weighted by molar-refractivity contribution is 0.00570. The van der Waals surface area contributed by atoms with E-state index in [-0.39, 0.29) is 19.3 Å². The Morgan fingerprint density at radius 2 is 2.11 bits per heavy atom. The smallest absolute Gasteiger partial charge is 0.0827 e. The lowest BCUT2D eigenvalue weighted by Crippen LogP contribution is -2.18. The van der Waals surface area contributed by atoms with Gasteiger partial charge in [-0.05, 0) is 13.3 Å². The first-order valence-electron chi connectivity index (χ1n) is 3.18. The zero-order chi connectivity index (χ0) is 7.11. The van der Waals surface area contributed by atoms with Gasteiger partial charge in [0.2, 0.25) is 0 Å². The Balaban J connectivity index is 3.18. The highest BCUT2D eigenvalue weighted by Gasteiger charge is 2.03. The topological polar surface area (TPSA) is 49.7 Å². The van der Waals surface area contributed by atoms with Crippen molar-refractivity contribution >= 4 is 0 Å². The fraction of sp³-hybridized carbons (Fsp3) is 1.00. The highest BCUT2D eigenvalue weighted by Crippen LogP contribution is 1.94. The van der Waals surface area contributed by atoms with Crippen LogP contribution in [-0.2, 0) is 4.74 Å². The summed E-state index contributed by atoms with van der Waals surface area (Å²) in [6.45, 7) is 2.52. The number of aliphatic hydroxyl groups is 2. The molecule has 0 aromatic rings. The molecule has 1 atom stereocenters. The molecule has 56 valence electrons. The normalized spacial score (nSPS) is 13.7. The van der Waals surface area contributed by atoms with Crippen molar-refractivity contribution in [1.29, 1.82) is 0 Å². The molecule has 0 amide bonds. The fourth-order valence-electron chi connectivity index (χ4n) is 0.607. The van der Waals surface area contributed by atoms with E-state index >= 15 is 0 Å². The molecule has 0 unspecified atom stereocenters. The molecule has 0 aromatic heterocycles. The van der Waals surface area contributed by atoms with Crippen LogP contribution < -0.4 is 0 Å². The Kier molecular flexibility index (Phi) is 5.93. The number of ether oxygens (including phenoxy) is 1. The SMILES string of the molecule is CCO[C@@H](CO)CCO. The van der Waals surface area contributed by atoms with Crippen molar-refractivity contribution in [1.82, 2.24) is 0 Å². The predicted molar refractivity (Wildman–Crippen MR) is 34.2 cm³/mol. The van der Waals surface area contributed by atoms with Crippen LogP contribution >= 0.6 is 0 Å². The number of rotatable bonds is 5. The van der Waals surface area contributed by atoms with E-state index in [4.69, 9.17) is 14.9 Å². The van der Waals surface area contributed by atoms with Gasteiger partial charge in [0.05, 0.1) is 12.7 Å². The Bertz CT molecular complexity index is 50.3. The van der Waals surface area contributed by atoms with Crippen LogP contribution in [0.3, 0.4) is 0 Å². The summed E-state index contributed by atoms with van der Waals surface area (Å²) in [6, 6.07) is 0. The molecule has 0 aromatic carbocycles. The van der Waals surface area contributed by atoms with E-state index in [0.29, 0.717) is 13.0 Å². The van der Waals surface area contributed by atoms with Crippen LogP contribution in [0.15, 0.2) is 0 Å². The third-order valence-electron chi connectivity index (χ3n) is 1.06. The molecule has 0 radical (unpaired) electrons. The Morgan fingerprint density at radius 3 is 2.44 bits per heavy atom. The van der Waals surface area contributed by atoms with Crippen LogP contribution in [0.25, 0.3) is 0 Å². The minimum Gasteiger partial charge on any atom is -0.396 e. The van der Waals surface area contributed by atoms with Crippen LogP contribution in [0.5, 0.6) is 0 Å². The molecule has 0 bridgehead atoms. The first kappa shape index (κ1) is 8.88. The molecule has 0 saturated heterocycles. The second-order valence-electron chi connectivity index (χ2n) is 1.77. The first-order valence-corrected chi connectivity index (χ1v) is 3.18. The molecule has 0 rings (SSSR count). The van der Waals surface area contributed by atoms with Crippen LogP contribution in [0, 0.1) is 0 Å². The summed E-state index contributed by atoms with van der Waals surface area (Å²) in [5, 5.41) is 17.0. The predicted octanol–water partition coefficient (Wildman–Crippen LogP) is -0.234. The Morgan fingerprint density at radius 1 is 1.44 bits per heavy atom. The van der Waals surface area contributed by atoms with Crippen molar-refractivity contribution in [3.63, 3.8) is 0 Å². The second-order valence-corrected chi connectivity index (χ2v) is 1.77. The molecule has 9 heavy (non-hydrogen) atoms. The minimum atomic E-state index is -0.181. The van der Waals surface area contributed by atoms with Crippen LogP contribution in [0.4, 0.5) is 0 Å². The third kappa shape index (κ3) is 4.39. The van der Waals surface area contributed by atoms with E-state index in [1.807, 2.05) is 6.92 Å². The molecule has 2 N–H and O–H groups in total. The third-order valence-corrected chi connectivity index (χ3v) is 1.06. The summed E-state index contributed by atoms with van der Waals surface area (Å²) in [5.41, 5.74) is 0. The van der Waals surface area contributed by atoms with Gasteiger partial charge in [0.1, 0.15) is 0 Å². The first-order chi connectivity index (χ1) is 4.35. The maximum atomic E-state index is 8.55. The Hall–Kier alpha value is -0.120. The van der Waals surface area contributed by atoms with Gasteiger partial charge in [0.15, 0.2) is 0 Å². The maximum Gasteiger partial charge on any atom is 0.0827 e. The van der Waals surface area contributed by atoms with E-state index < -0.39 is 0 Å². The van der Waals surface area contributed by atoms with Crippen molar-refractivity contribution in [2.45, 2.75) is 19.4 Å². The van der Waals surface area contributed by atoms with Crippen LogP contribution in [0.2, 0.25) is 0 Å². The van der Waals surface area contributed by atoms with Gasteiger partial charge in [0, 0.05) is 13.2 Å². The van der Waals surface area contributed by atoms with Crippen molar-refractivity contribution in [3.8, 4) is 0 Å². The van der Waals surface area contributed by atoms with E-state index in [9.17, 15) is 0 Å². The van der Waals surface area contributed by atoms with Gasteiger partial charge in [0.25, 0.3) is 0 Å². The largest absolute Gasteiger partial charge is 0.396 e. The van der Waals surface area contributed by atoms with Gasteiger partial charge in [-0.25, -0.2) is 0 Å². The monoisotopic (exact) mass is 134 g/mol. The lowest BCUT2D eigenvalue weighted by Gasteiger charge is -2.11. The molecule has 0 fully saturated rings. The lowest BCUT2D eigenvalue weighted by atomic mass is 10.3. The number of hydrogen-bond acceptors (Lipinski definition) is 3. The zero-order valence-electron chi connectivity index (χ0n) is 5.71. The molecule has 0 saturated carbocycles. The average Bonchev–Trinajstić information content (AvgIpc) is 1.88. The van der Waals surface area contributed by atoms with Crippen molar-refractivity contribution in [3.05, 3.63) is 0 Å². The number of hydrogen-bond donors (Lipinski definition) is 2. The molecule has 0 heterocycles. The van der Waals surface area contributed by atoms with Crippen molar-refractivity contribution in [2.75, 3.05) is 19.8 Å². The quantitative estimate of drug-likeness (QED) is 0.546. The van der Waals surface area contributed by atoms with Crippen LogP contribution in [-0.4, -0.2) is 36.1 Å². The van der Waals surface area contributed by atoms with E-state index in [1.165, 1.54) is 0 Å².